The number of nitrogens with one attached hydrogen (secondary N) is 2. The molecule has 4 rings (SSSR count). The number of hydrogen-bond donors (Lipinski definition) is 2. The first-order valence-electron chi connectivity index (χ1n) is 11.5. The van der Waals surface area contributed by atoms with Crippen LogP contribution in [0.25, 0.3) is 0 Å². The lowest BCUT2D eigenvalue weighted by atomic mass is 9.93. The molecule has 0 amide bonds. The summed E-state index contributed by atoms with van der Waals surface area (Å²) in [6, 6.07) is 17.0. The second-order valence-corrected chi connectivity index (χ2v) is 8.95. The molecular formula is C26H36N2. The van der Waals surface area contributed by atoms with E-state index >= 15 is 0 Å². The minimum atomic E-state index is 0.633. The molecule has 2 aliphatic carbocycles. The zero-order valence-corrected chi connectivity index (χ0v) is 17.5. The molecule has 2 heteroatoms. The highest BCUT2D eigenvalue weighted by atomic mass is 14.9. The van der Waals surface area contributed by atoms with E-state index in [2.05, 4.69) is 60.0 Å². The maximum Gasteiger partial charge on any atom is 0.0399 e. The van der Waals surface area contributed by atoms with E-state index in [1.165, 1.54) is 92.3 Å². The Morgan fingerprint density at radius 3 is 1.89 bits per heavy atom. The number of anilines is 2. The van der Waals surface area contributed by atoms with Crippen LogP contribution >= 0.6 is 0 Å². The number of hydrogen-bond acceptors (Lipinski definition) is 2. The molecule has 28 heavy (non-hydrogen) atoms. The highest BCUT2D eigenvalue weighted by Gasteiger charge is 2.18. The van der Waals surface area contributed by atoms with Crippen molar-refractivity contribution in [2.45, 2.75) is 89.6 Å². The van der Waals surface area contributed by atoms with Crippen LogP contribution in [-0.2, 0) is 6.42 Å². The predicted molar refractivity (Wildman–Crippen MR) is 121 cm³/mol. The molecule has 0 atom stereocenters. The van der Waals surface area contributed by atoms with E-state index in [1.54, 1.807) is 0 Å². The van der Waals surface area contributed by atoms with Gasteiger partial charge in [-0.05, 0) is 61.8 Å². The van der Waals surface area contributed by atoms with E-state index in [0.717, 1.165) is 6.42 Å². The first kappa shape index (κ1) is 19.4. The van der Waals surface area contributed by atoms with Crippen LogP contribution in [0.5, 0.6) is 0 Å². The zero-order chi connectivity index (χ0) is 19.2. The van der Waals surface area contributed by atoms with Crippen molar-refractivity contribution in [3.63, 3.8) is 0 Å². The smallest absolute Gasteiger partial charge is 0.0399 e. The molecule has 0 spiro atoms. The molecular weight excluding hydrogens is 340 g/mol. The van der Waals surface area contributed by atoms with Gasteiger partial charge >= 0.3 is 0 Å². The van der Waals surface area contributed by atoms with E-state index in [4.69, 9.17) is 0 Å². The highest BCUT2D eigenvalue weighted by molar-refractivity contribution is 5.66. The third-order valence-electron chi connectivity index (χ3n) is 6.62. The Morgan fingerprint density at radius 2 is 1.29 bits per heavy atom. The van der Waals surface area contributed by atoms with Crippen molar-refractivity contribution in [3.8, 4) is 0 Å². The van der Waals surface area contributed by atoms with Gasteiger partial charge in [0.2, 0.25) is 0 Å². The van der Waals surface area contributed by atoms with Gasteiger partial charge in [0.05, 0.1) is 0 Å². The third-order valence-corrected chi connectivity index (χ3v) is 6.62. The van der Waals surface area contributed by atoms with Crippen molar-refractivity contribution in [1.82, 2.24) is 0 Å². The Morgan fingerprint density at radius 1 is 0.714 bits per heavy atom. The second-order valence-electron chi connectivity index (χ2n) is 8.95. The standard InChI is InChI=1S/C26H36N2/c1-20-17-22(18-21-11-5-2-6-12-21)26(28-24-15-9-4-10-16-24)19-25(20)27-23-13-7-3-8-14-23/h2,5-6,11-12,17,19,23-24,27-28H,3-4,7-10,13-16,18H2,1H3. The van der Waals surface area contributed by atoms with Crippen LogP contribution in [0.15, 0.2) is 42.5 Å². The van der Waals surface area contributed by atoms with Gasteiger partial charge < -0.3 is 10.6 Å². The van der Waals surface area contributed by atoms with Crippen molar-refractivity contribution < 1.29 is 0 Å². The maximum atomic E-state index is 3.93. The summed E-state index contributed by atoms with van der Waals surface area (Å²) < 4.78 is 0. The minimum Gasteiger partial charge on any atom is -0.382 e. The first-order chi connectivity index (χ1) is 13.8. The van der Waals surface area contributed by atoms with E-state index in [0.29, 0.717) is 12.1 Å². The van der Waals surface area contributed by atoms with Gasteiger partial charge in [-0.3, -0.25) is 0 Å². The lowest BCUT2D eigenvalue weighted by molar-refractivity contribution is 0.461. The van der Waals surface area contributed by atoms with Crippen LogP contribution in [-0.4, -0.2) is 12.1 Å². The molecule has 150 valence electrons. The average Bonchev–Trinajstić information content (AvgIpc) is 2.74. The largest absolute Gasteiger partial charge is 0.382 e. The molecule has 0 saturated heterocycles. The summed E-state index contributed by atoms with van der Waals surface area (Å²) >= 11 is 0. The van der Waals surface area contributed by atoms with Gasteiger partial charge in [-0.2, -0.15) is 0 Å². The molecule has 2 aromatic rings. The van der Waals surface area contributed by atoms with Crippen molar-refractivity contribution >= 4 is 11.4 Å². The summed E-state index contributed by atoms with van der Waals surface area (Å²) in [5.74, 6) is 0. The predicted octanol–water partition coefficient (Wildman–Crippen LogP) is 7.08. The van der Waals surface area contributed by atoms with Crippen LogP contribution in [0.3, 0.4) is 0 Å². The highest BCUT2D eigenvalue weighted by Crippen LogP contribution is 2.32. The average molecular weight is 377 g/mol. The molecule has 2 N–H and O–H groups in total. The number of rotatable bonds is 6. The molecule has 0 aliphatic heterocycles. The van der Waals surface area contributed by atoms with Crippen molar-refractivity contribution in [1.29, 1.82) is 0 Å². The van der Waals surface area contributed by atoms with Crippen LogP contribution < -0.4 is 10.6 Å². The van der Waals surface area contributed by atoms with E-state index in [1.807, 2.05) is 0 Å². The molecule has 2 aromatic carbocycles. The minimum absolute atomic E-state index is 0.633. The lowest BCUT2D eigenvalue weighted by Crippen LogP contribution is -2.24. The summed E-state index contributed by atoms with van der Waals surface area (Å²) in [6.45, 7) is 2.27. The van der Waals surface area contributed by atoms with Crippen LogP contribution in [0.4, 0.5) is 11.4 Å². The van der Waals surface area contributed by atoms with Crippen molar-refractivity contribution in [3.05, 3.63) is 59.2 Å². The Bertz CT molecular complexity index is 741. The van der Waals surface area contributed by atoms with E-state index in [-0.39, 0.29) is 0 Å². The van der Waals surface area contributed by atoms with Gasteiger partial charge in [0.15, 0.2) is 0 Å². The van der Waals surface area contributed by atoms with E-state index in [9.17, 15) is 0 Å². The Balaban J connectivity index is 1.58. The molecule has 2 saturated carbocycles. The fourth-order valence-electron chi connectivity index (χ4n) is 4.95. The normalized spacial score (nSPS) is 18.8. The molecule has 0 bridgehead atoms. The van der Waals surface area contributed by atoms with Crippen LogP contribution in [0, 0.1) is 6.92 Å². The maximum absolute atomic E-state index is 3.93. The molecule has 0 aromatic heterocycles. The van der Waals surface area contributed by atoms with Gasteiger partial charge in [-0.1, -0.05) is 74.9 Å². The Hall–Kier alpha value is -1.96. The summed E-state index contributed by atoms with van der Waals surface area (Å²) in [5.41, 5.74) is 6.89. The quantitative estimate of drug-likeness (QED) is 0.563. The van der Waals surface area contributed by atoms with Gasteiger partial charge in [-0.25, -0.2) is 0 Å². The third kappa shape index (κ3) is 5.10. The SMILES string of the molecule is Cc1cc(Cc2ccccc2)c(NC2CCCCC2)cc1NC1CCCCC1. The molecule has 2 aliphatic rings. The van der Waals surface area contributed by atoms with Gasteiger partial charge in [0.1, 0.15) is 0 Å². The van der Waals surface area contributed by atoms with Gasteiger partial charge in [0.25, 0.3) is 0 Å². The summed E-state index contributed by atoms with van der Waals surface area (Å²) in [7, 11) is 0. The fraction of sp³-hybridized carbons (Fsp3) is 0.538. The molecule has 2 nitrogen and oxygen atoms in total. The summed E-state index contributed by atoms with van der Waals surface area (Å²) in [5, 5.41) is 7.81. The molecule has 2 fully saturated rings. The molecule has 0 radical (unpaired) electrons. The second kappa shape index (κ2) is 9.49. The van der Waals surface area contributed by atoms with Gasteiger partial charge in [0, 0.05) is 23.5 Å². The zero-order valence-electron chi connectivity index (χ0n) is 17.5. The van der Waals surface area contributed by atoms with Crippen LogP contribution in [0.2, 0.25) is 0 Å². The molecule has 0 unspecified atom stereocenters. The first-order valence-corrected chi connectivity index (χ1v) is 11.5. The Labute approximate surface area is 171 Å². The van der Waals surface area contributed by atoms with Crippen molar-refractivity contribution in [2.24, 2.45) is 0 Å². The number of benzene rings is 2. The number of aryl methyl sites for hydroxylation is 1. The topological polar surface area (TPSA) is 24.1 Å². The van der Waals surface area contributed by atoms with Gasteiger partial charge in [-0.15, -0.1) is 0 Å². The Kier molecular flexibility index (Phi) is 6.57. The summed E-state index contributed by atoms with van der Waals surface area (Å²) in [6.07, 6.45) is 14.5. The van der Waals surface area contributed by atoms with Crippen LogP contribution in [0.1, 0.15) is 80.9 Å². The fourth-order valence-corrected chi connectivity index (χ4v) is 4.95. The van der Waals surface area contributed by atoms with Crippen molar-refractivity contribution in [2.75, 3.05) is 10.6 Å². The molecule has 0 heterocycles. The summed E-state index contributed by atoms with van der Waals surface area (Å²) in [4.78, 5) is 0. The monoisotopic (exact) mass is 376 g/mol. The van der Waals surface area contributed by atoms with E-state index < -0.39 is 0 Å². The lowest BCUT2D eigenvalue weighted by Gasteiger charge is -2.28.